The highest BCUT2D eigenvalue weighted by molar-refractivity contribution is 5.66. The Balaban J connectivity index is 2.19. The van der Waals surface area contributed by atoms with Crippen molar-refractivity contribution in [3.63, 3.8) is 0 Å². The van der Waals surface area contributed by atoms with E-state index in [1.165, 1.54) is 0 Å². The van der Waals surface area contributed by atoms with Gasteiger partial charge in [-0.3, -0.25) is 4.68 Å². The van der Waals surface area contributed by atoms with Crippen LogP contribution in [0.3, 0.4) is 0 Å². The minimum absolute atomic E-state index is 0.364. The molecule has 4 heteroatoms. The van der Waals surface area contributed by atoms with Crippen molar-refractivity contribution in [1.29, 1.82) is 0 Å². The monoisotopic (exact) mass is 220 g/mol. The molecule has 1 aromatic rings. The van der Waals surface area contributed by atoms with Gasteiger partial charge in [0, 0.05) is 13.1 Å². The fraction of sp³-hybridized carbons (Fsp3) is 0.583. The molecule has 0 spiro atoms. The van der Waals surface area contributed by atoms with E-state index in [0.29, 0.717) is 12.0 Å². The van der Waals surface area contributed by atoms with Gasteiger partial charge >= 0.3 is 0 Å². The normalized spacial score (nSPS) is 16.2. The van der Waals surface area contributed by atoms with Gasteiger partial charge in [0.05, 0.1) is 11.4 Å². The molecule has 0 radical (unpaired) electrons. The number of hydrogen-bond donors (Lipinski definition) is 2. The minimum atomic E-state index is 0.364. The molecular weight excluding hydrogens is 200 g/mol. The van der Waals surface area contributed by atoms with Crippen molar-refractivity contribution in [3.8, 4) is 0 Å². The summed E-state index contributed by atoms with van der Waals surface area (Å²) in [4.78, 5) is 0. The van der Waals surface area contributed by atoms with Crippen molar-refractivity contribution in [2.75, 3.05) is 11.1 Å². The first-order chi connectivity index (χ1) is 7.59. The highest BCUT2D eigenvalue weighted by Crippen LogP contribution is 2.29. The second-order valence-corrected chi connectivity index (χ2v) is 4.71. The molecule has 0 saturated carbocycles. The van der Waals surface area contributed by atoms with Crippen molar-refractivity contribution in [2.24, 2.45) is 7.05 Å². The number of aromatic nitrogens is 2. The van der Waals surface area contributed by atoms with Crippen LogP contribution in [0.2, 0.25) is 0 Å². The maximum Gasteiger partial charge on any atom is 0.148 e. The second kappa shape index (κ2) is 4.20. The van der Waals surface area contributed by atoms with Gasteiger partial charge < -0.3 is 11.1 Å². The molecule has 2 rings (SSSR count). The van der Waals surface area contributed by atoms with E-state index in [1.54, 1.807) is 0 Å². The molecule has 0 saturated heterocycles. The first-order valence-corrected chi connectivity index (χ1v) is 5.83. The maximum atomic E-state index is 6.12. The molecule has 1 heterocycles. The number of rotatable bonds is 3. The third-order valence-corrected chi connectivity index (χ3v) is 3.01. The molecule has 0 aliphatic heterocycles. The number of anilines is 2. The topological polar surface area (TPSA) is 55.9 Å². The lowest BCUT2D eigenvalue weighted by atomic mass is 10.1. The Morgan fingerprint density at radius 1 is 1.44 bits per heavy atom. The van der Waals surface area contributed by atoms with Crippen LogP contribution >= 0.6 is 0 Å². The summed E-state index contributed by atoms with van der Waals surface area (Å²) < 4.78 is 1.85. The predicted molar refractivity (Wildman–Crippen MR) is 67.5 cm³/mol. The molecule has 1 aromatic heterocycles. The summed E-state index contributed by atoms with van der Waals surface area (Å²) in [6, 6.07) is 0.470. The average molecular weight is 220 g/mol. The lowest BCUT2D eigenvalue weighted by Crippen LogP contribution is -2.18. The Morgan fingerprint density at radius 2 is 2.06 bits per heavy atom. The molecule has 0 aromatic carbocycles. The first kappa shape index (κ1) is 11.0. The van der Waals surface area contributed by atoms with E-state index < -0.39 is 0 Å². The van der Waals surface area contributed by atoms with Crippen LogP contribution in [0, 0.1) is 0 Å². The second-order valence-electron chi connectivity index (χ2n) is 4.71. The molecule has 16 heavy (non-hydrogen) atoms. The number of nitrogen functional groups attached to an aromatic ring is 1. The van der Waals surface area contributed by atoms with E-state index in [-0.39, 0.29) is 0 Å². The van der Waals surface area contributed by atoms with Crippen LogP contribution in [0.1, 0.15) is 38.3 Å². The SMILES string of the molecule is CC(C)c1nn(C)c(NC2CC=CC2)c1N. The smallest absolute Gasteiger partial charge is 0.148 e. The van der Waals surface area contributed by atoms with E-state index in [0.717, 1.165) is 30.0 Å². The summed E-state index contributed by atoms with van der Waals surface area (Å²) in [5, 5.41) is 7.93. The van der Waals surface area contributed by atoms with Crippen LogP contribution in [0.25, 0.3) is 0 Å². The van der Waals surface area contributed by atoms with Crippen molar-refractivity contribution >= 4 is 11.5 Å². The highest BCUT2D eigenvalue weighted by Gasteiger charge is 2.18. The van der Waals surface area contributed by atoms with Crippen LogP contribution in [-0.2, 0) is 7.05 Å². The molecule has 0 atom stereocenters. The largest absolute Gasteiger partial charge is 0.394 e. The van der Waals surface area contributed by atoms with Crippen LogP contribution in [0.5, 0.6) is 0 Å². The Hall–Kier alpha value is -1.45. The van der Waals surface area contributed by atoms with E-state index >= 15 is 0 Å². The van der Waals surface area contributed by atoms with Crippen LogP contribution in [-0.4, -0.2) is 15.8 Å². The maximum absolute atomic E-state index is 6.12. The molecular formula is C12H20N4. The summed E-state index contributed by atoms with van der Waals surface area (Å²) in [5.74, 6) is 1.32. The molecule has 0 bridgehead atoms. The third kappa shape index (κ3) is 1.92. The first-order valence-electron chi connectivity index (χ1n) is 5.83. The van der Waals surface area contributed by atoms with E-state index in [1.807, 2.05) is 11.7 Å². The fourth-order valence-corrected chi connectivity index (χ4v) is 2.09. The number of nitrogens with two attached hydrogens (primary N) is 1. The number of nitrogens with zero attached hydrogens (tertiary/aromatic N) is 2. The van der Waals surface area contributed by atoms with Gasteiger partial charge in [0.15, 0.2) is 0 Å². The van der Waals surface area contributed by atoms with Crippen LogP contribution in [0.15, 0.2) is 12.2 Å². The minimum Gasteiger partial charge on any atom is -0.394 e. The quantitative estimate of drug-likeness (QED) is 0.768. The van der Waals surface area contributed by atoms with Crippen molar-refractivity contribution in [2.45, 2.75) is 38.6 Å². The van der Waals surface area contributed by atoms with Crippen molar-refractivity contribution in [3.05, 3.63) is 17.8 Å². The molecule has 0 amide bonds. The lowest BCUT2D eigenvalue weighted by Gasteiger charge is -2.14. The van der Waals surface area contributed by atoms with Gasteiger partial charge in [-0.2, -0.15) is 5.10 Å². The molecule has 1 aliphatic carbocycles. The molecule has 4 nitrogen and oxygen atoms in total. The standard InChI is InChI=1S/C12H20N4/c1-8(2)11-10(13)12(16(3)15-11)14-9-6-4-5-7-9/h4-5,8-9,14H,6-7,13H2,1-3H3. The molecule has 88 valence electrons. The van der Waals surface area contributed by atoms with Gasteiger partial charge in [0.2, 0.25) is 0 Å². The summed E-state index contributed by atoms with van der Waals surface area (Å²) in [7, 11) is 1.94. The van der Waals surface area contributed by atoms with E-state index in [9.17, 15) is 0 Å². The van der Waals surface area contributed by atoms with Gasteiger partial charge in [-0.25, -0.2) is 0 Å². The van der Waals surface area contributed by atoms with E-state index in [2.05, 4.69) is 36.4 Å². The predicted octanol–water partition coefficient (Wildman–Crippen LogP) is 2.26. The van der Waals surface area contributed by atoms with E-state index in [4.69, 9.17) is 5.73 Å². The Kier molecular flexibility index (Phi) is 2.90. The van der Waals surface area contributed by atoms with Crippen LogP contribution < -0.4 is 11.1 Å². The van der Waals surface area contributed by atoms with Gasteiger partial charge in [-0.15, -0.1) is 0 Å². The Morgan fingerprint density at radius 3 is 2.56 bits per heavy atom. The third-order valence-electron chi connectivity index (χ3n) is 3.01. The van der Waals surface area contributed by atoms with Crippen molar-refractivity contribution < 1.29 is 0 Å². The number of hydrogen-bond acceptors (Lipinski definition) is 3. The van der Waals surface area contributed by atoms with Crippen LogP contribution in [0.4, 0.5) is 11.5 Å². The number of nitrogens with one attached hydrogen (secondary N) is 1. The van der Waals surface area contributed by atoms with Gasteiger partial charge in [-0.05, 0) is 18.8 Å². The van der Waals surface area contributed by atoms with Gasteiger partial charge in [-0.1, -0.05) is 26.0 Å². The Bertz CT molecular complexity index is 395. The lowest BCUT2D eigenvalue weighted by molar-refractivity contribution is 0.699. The van der Waals surface area contributed by atoms with Crippen molar-refractivity contribution in [1.82, 2.24) is 9.78 Å². The molecule has 0 unspecified atom stereocenters. The zero-order chi connectivity index (χ0) is 11.7. The average Bonchev–Trinajstić information content (AvgIpc) is 2.81. The summed E-state index contributed by atoms with van der Waals surface area (Å²) in [6.07, 6.45) is 6.55. The highest BCUT2D eigenvalue weighted by atomic mass is 15.3. The zero-order valence-corrected chi connectivity index (χ0v) is 10.2. The zero-order valence-electron chi connectivity index (χ0n) is 10.2. The molecule has 1 aliphatic rings. The Labute approximate surface area is 96.5 Å². The molecule has 0 fully saturated rings. The van der Waals surface area contributed by atoms with Gasteiger partial charge in [0.1, 0.15) is 5.82 Å². The number of aryl methyl sites for hydroxylation is 1. The summed E-state index contributed by atoms with van der Waals surface area (Å²) >= 11 is 0. The fourth-order valence-electron chi connectivity index (χ4n) is 2.09. The van der Waals surface area contributed by atoms with Gasteiger partial charge in [0.25, 0.3) is 0 Å². The molecule has 3 N–H and O–H groups in total. The summed E-state index contributed by atoms with van der Waals surface area (Å²) in [6.45, 7) is 4.22. The summed E-state index contributed by atoms with van der Waals surface area (Å²) in [5.41, 5.74) is 7.90.